The molecule has 2 aliphatic heterocycles. The molecule has 1 aromatic carbocycles. The van der Waals surface area contributed by atoms with E-state index < -0.39 is 17.0 Å². The first-order valence-corrected chi connectivity index (χ1v) is 10.6. The molecule has 0 aromatic heterocycles. The Morgan fingerprint density at radius 3 is 2.03 bits per heavy atom. The molecule has 0 aliphatic carbocycles. The molecule has 2 amide bonds. The van der Waals surface area contributed by atoms with Crippen LogP contribution in [0, 0.1) is 13.8 Å². The molecule has 2 N–H and O–H groups in total. The van der Waals surface area contributed by atoms with Crippen LogP contribution in [0.3, 0.4) is 0 Å². The van der Waals surface area contributed by atoms with E-state index in [1.54, 1.807) is 9.80 Å². The normalized spacial score (nSPS) is 22.0. The van der Waals surface area contributed by atoms with E-state index in [0.717, 1.165) is 13.1 Å². The summed E-state index contributed by atoms with van der Waals surface area (Å²) in [6, 6.07) is 6.36. The minimum absolute atomic E-state index is 0.0419. The number of amides is 2. The smallest absolute Gasteiger partial charge is 0.312 e. The lowest BCUT2D eigenvalue weighted by molar-refractivity contribution is -0.163. The molecule has 1 aromatic rings. The SMILES string of the molecule is Cc1cccc(N2CCN(C(=O)C(=O)N3C(C)(C)CC(N)CC3(C)C)CC2)c1C. The quantitative estimate of drug-likeness (QED) is 0.735. The number of carbonyl (C=O) groups is 2. The van der Waals surface area contributed by atoms with E-state index in [0.29, 0.717) is 25.9 Å². The zero-order valence-electron chi connectivity index (χ0n) is 18.8. The number of piperidine rings is 1. The second-order valence-electron chi connectivity index (χ2n) is 9.93. The number of hydrogen-bond donors (Lipinski definition) is 1. The Morgan fingerprint density at radius 1 is 0.931 bits per heavy atom. The molecular weight excluding hydrogens is 364 g/mol. The van der Waals surface area contributed by atoms with Gasteiger partial charge >= 0.3 is 11.8 Å². The van der Waals surface area contributed by atoms with Crippen LogP contribution in [0.25, 0.3) is 0 Å². The van der Waals surface area contributed by atoms with E-state index in [2.05, 4.69) is 36.9 Å². The van der Waals surface area contributed by atoms with Crippen molar-refractivity contribution in [1.29, 1.82) is 0 Å². The molecule has 29 heavy (non-hydrogen) atoms. The molecule has 0 bridgehead atoms. The standard InChI is InChI=1S/C23H36N4O2/c1-16-8-7-9-19(17(16)2)25-10-12-26(13-11-25)20(28)21(29)27-22(3,4)14-18(24)15-23(27,5)6/h7-9,18H,10-15,24H2,1-6H3. The molecule has 0 atom stereocenters. The van der Waals surface area contributed by atoms with Crippen molar-refractivity contribution in [1.82, 2.24) is 9.80 Å². The summed E-state index contributed by atoms with van der Waals surface area (Å²) >= 11 is 0. The van der Waals surface area contributed by atoms with Crippen LogP contribution >= 0.6 is 0 Å². The van der Waals surface area contributed by atoms with Crippen LogP contribution in [0.15, 0.2) is 18.2 Å². The van der Waals surface area contributed by atoms with Crippen LogP contribution in [0.2, 0.25) is 0 Å². The van der Waals surface area contributed by atoms with Crippen molar-refractivity contribution in [3.63, 3.8) is 0 Å². The van der Waals surface area contributed by atoms with Crippen LogP contribution in [0.1, 0.15) is 51.7 Å². The number of anilines is 1. The van der Waals surface area contributed by atoms with Gasteiger partial charge in [0, 0.05) is 49.0 Å². The maximum Gasteiger partial charge on any atom is 0.312 e. The van der Waals surface area contributed by atoms with Crippen molar-refractivity contribution >= 4 is 17.5 Å². The van der Waals surface area contributed by atoms with Crippen LogP contribution in [-0.4, -0.2) is 64.9 Å². The van der Waals surface area contributed by atoms with Crippen LogP contribution in [-0.2, 0) is 9.59 Å². The highest BCUT2D eigenvalue weighted by atomic mass is 16.2. The van der Waals surface area contributed by atoms with Gasteiger partial charge in [-0.2, -0.15) is 0 Å². The van der Waals surface area contributed by atoms with Gasteiger partial charge in [0.1, 0.15) is 0 Å². The topological polar surface area (TPSA) is 69.9 Å². The molecule has 6 heteroatoms. The summed E-state index contributed by atoms with van der Waals surface area (Å²) in [4.78, 5) is 32.2. The van der Waals surface area contributed by atoms with E-state index in [1.165, 1.54) is 16.8 Å². The van der Waals surface area contributed by atoms with Crippen molar-refractivity contribution in [2.75, 3.05) is 31.1 Å². The Bertz CT molecular complexity index is 776. The Kier molecular flexibility index (Phi) is 5.69. The Balaban J connectivity index is 1.70. The van der Waals surface area contributed by atoms with Gasteiger partial charge in [0.2, 0.25) is 0 Å². The Morgan fingerprint density at radius 2 is 1.48 bits per heavy atom. The largest absolute Gasteiger partial charge is 0.368 e. The van der Waals surface area contributed by atoms with Gasteiger partial charge in [-0.1, -0.05) is 12.1 Å². The van der Waals surface area contributed by atoms with Crippen molar-refractivity contribution in [3.8, 4) is 0 Å². The number of aryl methyl sites for hydroxylation is 1. The summed E-state index contributed by atoms with van der Waals surface area (Å²) < 4.78 is 0. The van der Waals surface area contributed by atoms with E-state index in [9.17, 15) is 9.59 Å². The highest BCUT2D eigenvalue weighted by molar-refractivity contribution is 6.35. The van der Waals surface area contributed by atoms with Gasteiger partial charge in [-0.25, -0.2) is 0 Å². The maximum absolute atomic E-state index is 13.3. The number of nitrogens with zero attached hydrogens (tertiary/aromatic N) is 3. The fourth-order valence-electron chi connectivity index (χ4n) is 5.37. The number of carbonyl (C=O) groups excluding carboxylic acids is 2. The van der Waals surface area contributed by atoms with Crippen molar-refractivity contribution in [3.05, 3.63) is 29.3 Å². The second kappa shape index (κ2) is 7.63. The number of piperazine rings is 1. The van der Waals surface area contributed by atoms with Gasteiger partial charge in [0.05, 0.1) is 0 Å². The molecular formula is C23H36N4O2. The number of likely N-dealkylation sites (tertiary alicyclic amines) is 1. The Labute approximate surface area is 175 Å². The first-order chi connectivity index (χ1) is 13.4. The van der Waals surface area contributed by atoms with Crippen molar-refractivity contribution in [2.45, 2.75) is 71.5 Å². The first kappa shape index (κ1) is 21.6. The molecule has 160 valence electrons. The number of nitrogens with two attached hydrogens (primary N) is 1. The third-order valence-corrected chi connectivity index (χ3v) is 6.60. The predicted octanol–water partition coefficient (Wildman–Crippen LogP) is 2.46. The zero-order chi connectivity index (χ0) is 21.6. The lowest BCUT2D eigenvalue weighted by Gasteiger charge is -2.54. The Hall–Kier alpha value is -2.08. The molecule has 3 rings (SSSR count). The maximum atomic E-state index is 13.3. The van der Waals surface area contributed by atoms with E-state index in [4.69, 9.17) is 5.73 Å². The van der Waals surface area contributed by atoms with Crippen molar-refractivity contribution < 1.29 is 9.59 Å². The van der Waals surface area contributed by atoms with Gasteiger partial charge in [-0.05, 0) is 71.6 Å². The third-order valence-electron chi connectivity index (χ3n) is 6.60. The summed E-state index contributed by atoms with van der Waals surface area (Å²) in [5.74, 6) is -0.783. The summed E-state index contributed by atoms with van der Waals surface area (Å²) in [5, 5.41) is 0. The zero-order valence-corrected chi connectivity index (χ0v) is 18.8. The van der Waals surface area contributed by atoms with E-state index >= 15 is 0 Å². The monoisotopic (exact) mass is 400 g/mol. The van der Waals surface area contributed by atoms with E-state index in [-0.39, 0.29) is 11.9 Å². The molecule has 2 heterocycles. The number of hydrogen-bond acceptors (Lipinski definition) is 4. The van der Waals surface area contributed by atoms with Gasteiger partial charge < -0.3 is 20.4 Å². The molecule has 2 fully saturated rings. The second-order valence-corrected chi connectivity index (χ2v) is 9.93. The summed E-state index contributed by atoms with van der Waals surface area (Å²) in [7, 11) is 0. The van der Waals surface area contributed by atoms with Crippen molar-refractivity contribution in [2.24, 2.45) is 5.73 Å². The van der Waals surface area contributed by atoms with Gasteiger partial charge in [-0.15, -0.1) is 0 Å². The van der Waals surface area contributed by atoms with Crippen LogP contribution in [0.4, 0.5) is 5.69 Å². The van der Waals surface area contributed by atoms with Crippen LogP contribution in [0.5, 0.6) is 0 Å². The molecule has 0 unspecified atom stereocenters. The molecule has 0 spiro atoms. The minimum atomic E-state index is -0.436. The molecule has 0 radical (unpaired) electrons. The summed E-state index contributed by atoms with van der Waals surface area (Å²) in [6.45, 7) is 14.9. The van der Waals surface area contributed by atoms with Crippen LogP contribution < -0.4 is 10.6 Å². The predicted molar refractivity (Wildman–Crippen MR) is 117 cm³/mol. The average molecular weight is 401 g/mol. The third kappa shape index (κ3) is 4.13. The fraction of sp³-hybridized carbons (Fsp3) is 0.652. The van der Waals surface area contributed by atoms with Gasteiger partial charge in [-0.3, -0.25) is 9.59 Å². The average Bonchev–Trinajstić information content (AvgIpc) is 2.61. The molecule has 2 saturated heterocycles. The lowest BCUT2D eigenvalue weighted by atomic mass is 9.77. The van der Waals surface area contributed by atoms with Gasteiger partial charge in [0.25, 0.3) is 0 Å². The number of rotatable bonds is 1. The summed E-state index contributed by atoms with van der Waals surface area (Å²) in [6.07, 6.45) is 1.41. The molecule has 0 saturated carbocycles. The summed E-state index contributed by atoms with van der Waals surface area (Å²) in [5.41, 5.74) is 9.11. The van der Waals surface area contributed by atoms with E-state index in [1.807, 2.05) is 27.7 Å². The fourth-order valence-corrected chi connectivity index (χ4v) is 5.37. The minimum Gasteiger partial charge on any atom is -0.368 e. The molecule has 2 aliphatic rings. The first-order valence-electron chi connectivity index (χ1n) is 10.6. The molecule has 6 nitrogen and oxygen atoms in total. The van der Waals surface area contributed by atoms with Gasteiger partial charge in [0.15, 0.2) is 0 Å². The lowest BCUT2D eigenvalue weighted by Crippen LogP contribution is -2.67. The highest BCUT2D eigenvalue weighted by Gasteiger charge is 2.49. The highest BCUT2D eigenvalue weighted by Crippen LogP contribution is 2.38. The number of benzene rings is 1.